The van der Waals surface area contributed by atoms with Crippen molar-refractivity contribution in [2.45, 2.75) is 43.4 Å². The van der Waals surface area contributed by atoms with Crippen LogP contribution < -0.4 is 10.0 Å². The Kier molecular flexibility index (Phi) is 7.63. The molecule has 0 radical (unpaired) electrons. The first kappa shape index (κ1) is 26.3. The third kappa shape index (κ3) is 6.53. The number of anilines is 1. The van der Waals surface area contributed by atoms with Gasteiger partial charge >= 0.3 is 5.97 Å². The van der Waals surface area contributed by atoms with Gasteiger partial charge in [0.1, 0.15) is 0 Å². The van der Waals surface area contributed by atoms with Crippen LogP contribution >= 0.6 is 0 Å². The van der Waals surface area contributed by atoms with Crippen LogP contribution in [0.15, 0.2) is 84.0 Å². The van der Waals surface area contributed by atoms with E-state index in [4.69, 9.17) is 5.11 Å². The predicted octanol–water partition coefficient (Wildman–Crippen LogP) is 4.03. The fraction of sp³-hybridized carbons (Fsp3) is 0.259. The van der Waals surface area contributed by atoms with Crippen molar-refractivity contribution < 1.29 is 23.4 Å². The van der Waals surface area contributed by atoms with E-state index in [1.165, 1.54) is 12.1 Å². The highest BCUT2D eigenvalue weighted by Crippen LogP contribution is 2.22. The molecule has 37 heavy (non-hydrogen) atoms. The van der Waals surface area contributed by atoms with Crippen LogP contribution in [-0.4, -0.2) is 46.2 Å². The third-order valence-electron chi connectivity index (χ3n) is 6.20. The van der Waals surface area contributed by atoms with E-state index in [0.29, 0.717) is 23.3 Å². The Morgan fingerprint density at radius 1 is 1.05 bits per heavy atom. The summed E-state index contributed by atoms with van der Waals surface area (Å²) in [7, 11) is -3.73. The maximum absolute atomic E-state index is 12.6. The monoisotopic (exact) mass is 522 g/mol. The fourth-order valence-corrected chi connectivity index (χ4v) is 5.05. The Bertz CT molecular complexity index is 1500. The normalized spacial score (nSPS) is 12.9. The average Bonchev–Trinajstić information content (AvgIpc) is 3.29. The minimum Gasteiger partial charge on any atom is -0.478 e. The molecule has 0 bridgehead atoms. The molecule has 10 heteroatoms. The number of aromatic carboxylic acids is 1. The molecule has 3 aromatic carbocycles. The third-order valence-corrected chi connectivity index (χ3v) is 7.59. The van der Waals surface area contributed by atoms with E-state index in [1.807, 2.05) is 18.4 Å². The number of aryl methyl sites for hydroxylation is 1. The van der Waals surface area contributed by atoms with Crippen LogP contribution in [0.5, 0.6) is 0 Å². The number of hydrogen-bond acceptors (Lipinski definition) is 6. The van der Waals surface area contributed by atoms with E-state index in [0.717, 1.165) is 11.9 Å². The first-order valence-electron chi connectivity index (χ1n) is 11.8. The number of aromatic nitrogens is 2. The SMILES string of the molecule is CC(C)(CCn1cnc2cc(C(=O)O)ccc21)NCC(O)c1cccc(NS(=O)(=O)c2ccccc2)c1. The van der Waals surface area contributed by atoms with Gasteiger partial charge in [-0.25, -0.2) is 18.2 Å². The van der Waals surface area contributed by atoms with Crippen molar-refractivity contribution in [1.29, 1.82) is 0 Å². The van der Waals surface area contributed by atoms with Crippen LogP contribution in [0.2, 0.25) is 0 Å². The lowest BCUT2D eigenvalue weighted by Crippen LogP contribution is -2.42. The van der Waals surface area contributed by atoms with Gasteiger partial charge in [-0.3, -0.25) is 4.72 Å². The molecule has 4 rings (SSSR count). The number of nitrogens with one attached hydrogen (secondary N) is 2. The number of imidazole rings is 1. The van der Waals surface area contributed by atoms with Gasteiger partial charge in [0.15, 0.2) is 0 Å². The maximum atomic E-state index is 12.6. The number of benzene rings is 3. The van der Waals surface area contributed by atoms with Crippen LogP contribution in [0.25, 0.3) is 11.0 Å². The highest BCUT2D eigenvalue weighted by molar-refractivity contribution is 7.92. The smallest absolute Gasteiger partial charge is 0.335 e. The summed E-state index contributed by atoms with van der Waals surface area (Å²) in [5.41, 5.74) is 2.32. The zero-order valence-corrected chi connectivity index (χ0v) is 21.4. The second-order valence-corrected chi connectivity index (χ2v) is 11.2. The molecule has 1 aromatic heterocycles. The molecule has 1 heterocycles. The largest absolute Gasteiger partial charge is 0.478 e. The van der Waals surface area contributed by atoms with Crippen molar-refractivity contribution in [3.8, 4) is 0 Å². The highest BCUT2D eigenvalue weighted by atomic mass is 32.2. The van der Waals surface area contributed by atoms with E-state index in [9.17, 15) is 18.3 Å². The summed E-state index contributed by atoms with van der Waals surface area (Å²) in [4.78, 5) is 15.7. The minimum absolute atomic E-state index is 0.164. The molecule has 0 aliphatic heterocycles. The van der Waals surface area contributed by atoms with Crippen LogP contribution in [0.4, 0.5) is 5.69 Å². The number of carboxylic acids is 1. The van der Waals surface area contributed by atoms with E-state index in [-0.39, 0.29) is 22.5 Å². The lowest BCUT2D eigenvalue weighted by Gasteiger charge is -2.28. The van der Waals surface area contributed by atoms with Crippen molar-refractivity contribution in [1.82, 2.24) is 14.9 Å². The predicted molar refractivity (Wildman–Crippen MR) is 142 cm³/mol. The second kappa shape index (κ2) is 10.7. The van der Waals surface area contributed by atoms with Gasteiger partial charge in [-0.1, -0.05) is 30.3 Å². The Balaban J connectivity index is 1.35. The summed E-state index contributed by atoms with van der Waals surface area (Å²) in [6, 6.07) is 19.7. The lowest BCUT2D eigenvalue weighted by atomic mass is 9.99. The number of fused-ring (bicyclic) bond motifs is 1. The number of carbonyl (C=O) groups is 1. The molecule has 0 spiro atoms. The molecule has 0 aliphatic carbocycles. The van der Waals surface area contributed by atoms with Crippen LogP contribution in [0, 0.1) is 0 Å². The van der Waals surface area contributed by atoms with E-state index in [1.54, 1.807) is 67.0 Å². The highest BCUT2D eigenvalue weighted by Gasteiger charge is 2.21. The molecule has 194 valence electrons. The zero-order chi connectivity index (χ0) is 26.6. The number of aliphatic hydroxyl groups excluding tert-OH is 1. The molecular weight excluding hydrogens is 492 g/mol. The summed E-state index contributed by atoms with van der Waals surface area (Å²) < 4.78 is 29.8. The van der Waals surface area contributed by atoms with Gasteiger partial charge < -0.3 is 20.1 Å². The van der Waals surface area contributed by atoms with Crippen molar-refractivity contribution in [3.05, 3.63) is 90.3 Å². The van der Waals surface area contributed by atoms with Crippen molar-refractivity contribution >= 4 is 32.7 Å². The van der Waals surface area contributed by atoms with Gasteiger partial charge in [0.25, 0.3) is 10.0 Å². The van der Waals surface area contributed by atoms with Crippen molar-refractivity contribution in [3.63, 3.8) is 0 Å². The quantitative estimate of drug-likeness (QED) is 0.234. The number of hydrogen-bond donors (Lipinski definition) is 4. The molecule has 4 N–H and O–H groups in total. The topological polar surface area (TPSA) is 134 Å². The standard InChI is InChI=1S/C27H30N4O5S/c1-27(2,13-14-31-18-28-23-16-20(26(33)34)11-12-24(23)31)29-17-25(32)19-7-6-8-21(15-19)30-37(35,36)22-9-4-3-5-10-22/h3-12,15-16,18,25,29-30,32H,13-14,17H2,1-2H3,(H,33,34). The molecule has 0 fully saturated rings. The number of sulfonamides is 1. The number of carboxylic acid groups (broad SMARTS) is 1. The van der Waals surface area contributed by atoms with Gasteiger partial charge in [-0.15, -0.1) is 0 Å². The summed E-state index contributed by atoms with van der Waals surface area (Å²) in [5, 5.41) is 23.3. The maximum Gasteiger partial charge on any atom is 0.335 e. The van der Waals surface area contributed by atoms with Gasteiger partial charge in [0, 0.05) is 24.3 Å². The Morgan fingerprint density at radius 3 is 2.54 bits per heavy atom. The summed E-state index contributed by atoms with van der Waals surface area (Å²) in [5.74, 6) is -0.987. The fourth-order valence-electron chi connectivity index (χ4n) is 3.98. The molecular formula is C27H30N4O5S. The molecule has 0 amide bonds. The molecule has 4 aromatic rings. The van der Waals surface area contributed by atoms with Crippen LogP contribution in [0.1, 0.15) is 42.3 Å². The minimum atomic E-state index is -3.73. The van der Waals surface area contributed by atoms with Crippen molar-refractivity contribution in [2.75, 3.05) is 11.3 Å². The van der Waals surface area contributed by atoms with Crippen molar-refractivity contribution in [2.24, 2.45) is 0 Å². The Hall–Kier alpha value is -3.73. The Labute approximate surface area is 215 Å². The molecule has 0 aliphatic rings. The summed E-state index contributed by atoms with van der Waals surface area (Å²) in [6.45, 7) is 4.99. The second-order valence-electron chi connectivity index (χ2n) is 9.52. The number of nitrogens with zero attached hydrogens (tertiary/aromatic N) is 2. The van der Waals surface area contributed by atoms with Gasteiger partial charge in [-0.05, 0) is 68.3 Å². The first-order chi connectivity index (χ1) is 17.5. The lowest BCUT2D eigenvalue weighted by molar-refractivity contribution is 0.0697. The first-order valence-corrected chi connectivity index (χ1v) is 13.3. The van der Waals surface area contributed by atoms with E-state index in [2.05, 4.69) is 15.0 Å². The molecule has 1 unspecified atom stereocenters. The van der Waals surface area contributed by atoms with E-state index >= 15 is 0 Å². The molecule has 0 saturated heterocycles. The van der Waals surface area contributed by atoms with Gasteiger partial charge in [0.05, 0.1) is 33.9 Å². The zero-order valence-electron chi connectivity index (χ0n) is 20.6. The van der Waals surface area contributed by atoms with Crippen LogP contribution in [0.3, 0.4) is 0 Å². The summed E-state index contributed by atoms with van der Waals surface area (Å²) >= 11 is 0. The summed E-state index contributed by atoms with van der Waals surface area (Å²) in [6.07, 6.45) is 1.58. The number of aliphatic hydroxyl groups is 1. The molecule has 0 saturated carbocycles. The van der Waals surface area contributed by atoms with E-state index < -0.39 is 22.1 Å². The van der Waals surface area contributed by atoms with Gasteiger partial charge in [-0.2, -0.15) is 0 Å². The molecule has 1 atom stereocenters. The number of β-amino-alcohol motifs (C(OH)–C–C–N with tert-alkyl or cyclic N) is 1. The van der Waals surface area contributed by atoms with Gasteiger partial charge in [0.2, 0.25) is 0 Å². The average molecular weight is 523 g/mol. The number of rotatable bonds is 11. The Morgan fingerprint density at radius 2 is 1.81 bits per heavy atom. The molecule has 9 nitrogen and oxygen atoms in total. The van der Waals surface area contributed by atoms with Crippen LogP contribution in [-0.2, 0) is 16.6 Å².